The Balaban J connectivity index is 1.81. The first-order chi connectivity index (χ1) is 21.0. The minimum absolute atomic E-state index is 0.0506. The Morgan fingerprint density at radius 1 is 0.818 bits per heavy atom. The molecule has 0 fully saturated rings. The molecular weight excluding hydrogens is 594 g/mol. The van der Waals surface area contributed by atoms with Crippen molar-refractivity contribution in [2.24, 2.45) is 0 Å². The maximum absolute atomic E-state index is 14.5. The Morgan fingerprint density at radius 2 is 1.43 bits per heavy atom. The number of benzene rings is 4. The van der Waals surface area contributed by atoms with Gasteiger partial charge in [0.05, 0.1) is 10.6 Å². The van der Waals surface area contributed by atoms with Gasteiger partial charge in [0.25, 0.3) is 10.0 Å². The largest absolute Gasteiger partial charge is 0.352 e. The fourth-order valence-electron chi connectivity index (χ4n) is 4.88. The van der Waals surface area contributed by atoms with Crippen molar-refractivity contribution in [1.82, 2.24) is 10.2 Å². The number of hydrogen-bond acceptors (Lipinski definition) is 4. The first kappa shape index (κ1) is 32.8. The molecule has 1 N–H and O–H groups in total. The number of nitrogens with one attached hydrogen (secondary N) is 1. The molecule has 0 bridgehead atoms. The quantitative estimate of drug-likeness (QED) is 0.198. The van der Waals surface area contributed by atoms with E-state index in [-0.39, 0.29) is 35.5 Å². The zero-order valence-electron chi connectivity index (χ0n) is 25.4. The van der Waals surface area contributed by atoms with Crippen molar-refractivity contribution in [1.29, 1.82) is 0 Å². The molecule has 4 rings (SSSR count). The summed E-state index contributed by atoms with van der Waals surface area (Å²) < 4.78 is 29.2. The van der Waals surface area contributed by atoms with Crippen LogP contribution < -0.4 is 9.62 Å². The van der Waals surface area contributed by atoms with Crippen LogP contribution in [0.3, 0.4) is 0 Å². The number of nitrogens with zero attached hydrogens (tertiary/aromatic N) is 2. The summed E-state index contributed by atoms with van der Waals surface area (Å²) in [5, 5.41) is 3.40. The minimum Gasteiger partial charge on any atom is -0.352 e. The molecule has 4 aromatic rings. The number of halogens is 1. The highest BCUT2D eigenvalue weighted by Crippen LogP contribution is 2.27. The van der Waals surface area contributed by atoms with Gasteiger partial charge in [0, 0.05) is 24.0 Å². The standard InChI is InChI=1S/C35H38ClN3O4S/c1-25(2)37-35(41)33(22-28-11-6-5-7-12-28)38(23-29-13-9-8-10-27(29)4)34(40)24-39(31-18-16-30(36)17-19-31)44(42,43)32-20-14-26(3)15-21-32/h5-21,25,33H,22-24H2,1-4H3,(H,37,41). The number of hydrogen-bond donors (Lipinski definition) is 1. The van der Waals surface area contributed by atoms with Gasteiger partial charge >= 0.3 is 0 Å². The van der Waals surface area contributed by atoms with Crippen molar-refractivity contribution in [2.75, 3.05) is 10.8 Å². The molecule has 0 radical (unpaired) electrons. The molecule has 0 saturated carbocycles. The lowest BCUT2D eigenvalue weighted by atomic mass is 10.0. The van der Waals surface area contributed by atoms with E-state index in [4.69, 9.17) is 11.6 Å². The summed E-state index contributed by atoms with van der Waals surface area (Å²) in [7, 11) is -4.17. The first-order valence-electron chi connectivity index (χ1n) is 14.5. The summed E-state index contributed by atoms with van der Waals surface area (Å²) in [6.45, 7) is 7.13. The van der Waals surface area contributed by atoms with E-state index < -0.39 is 28.5 Å². The zero-order chi connectivity index (χ0) is 31.9. The number of rotatable bonds is 12. The van der Waals surface area contributed by atoms with E-state index in [2.05, 4.69) is 5.32 Å². The zero-order valence-corrected chi connectivity index (χ0v) is 27.0. The molecule has 7 nitrogen and oxygen atoms in total. The smallest absolute Gasteiger partial charge is 0.264 e. The van der Waals surface area contributed by atoms with Crippen molar-refractivity contribution in [3.8, 4) is 0 Å². The molecule has 0 aliphatic heterocycles. The van der Waals surface area contributed by atoms with Crippen LogP contribution in [0.25, 0.3) is 0 Å². The molecule has 44 heavy (non-hydrogen) atoms. The van der Waals surface area contributed by atoms with Crippen LogP contribution in [0.15, 0.2) is 108 Å². The molecule has 1 atom stereocenters. The van der Waals surface area contributed by atoms with Crippen LogP contribution in [0.2, 0.25) is 5.02 Å². The Bertz CT molecular complexity index is 1680. The van der Waals surface area contributed by atoms with Crippen molar-refractivity contribution < 1.29 is 18.0 Å². The van der Waals surface area contributed by atoms with Crippen LogP contribution in [-0.4, -0.2) is 43.8 Å². The van der Waals surface area contributed by atoms with Crippen molar-refractivity contribution in [3.63, 3.8) is 0 Å². The van der Waals surface area contributed by atoms with Gasteiger partial charge in [-0.1, -0.05) is 83.9 Å². The number of amides is 2. The lowest BCUT2D eigenvalue weighted by Crippen LogP contribution is -2.54. The molecule has 0 aliphatic carbocycles. The van der Waals surface area contributed by atoms with E-state index in [1.807, 2.05) is 82.3 Å². The SMILES string of the molecule is Cc1ccc(S(=O)(=O)N(CC(=O)N(Cc2ccccc2C)C(Cc2ccccc2)C(=O)NC(C)C)c2ccc(Cl)cc2)cc1. The van der Waals surface area contributed by atoms with Gasteiger partial charge in [-0.3, -0.25) is 13.9 Å². The Labute approximate surface area is 265 Å². The minimum atomic E-state index is -4.17. The number of anilines is 1. The fraction of sp³-hybridized carbons (Fsp3) is 0.257. The summed E-state index contributed by atoms with van der Waals surface area (Å²) in [6, 6.07) is 28.8. The van der Waals surface area contributed by atoms with Crippen LogP contribution in [0.1, 0.15) is 36.1 Å². The van der Waals surface area contributed by atoms with E-state index in [9.17, 15) is 18.0 Å². The van der Waals surface area contributed by atoms with Crippen LogP contribution in [0.5, 0.6) is 0 Å². The molecule has 2 amide bonds. The average molecular weight is 632 g/mol. The van der Waals surface area contributed by atoms with Crippen molar-refractivity contribution in [2.45, 2.75) is 57.6 Å². The molecule has 4 aromatic carbocycles. The summed E-state index contributed by atoms with van der Waals surface area (Å²) in [5.41, 5.74) is 3.87. The second kappa shape index (κ2) is 14.6. The third-order valence-electron chi connectivity index (χ3n) is 7.31. The summed E-state index contributed by atoms with van der Waals surface area (Å²) in [6.07, 6.45) is 0.253. The summed E-state index contributed by atoms with van der Waals surface area (Å²) in [5.74, 6) is -0.830. The van der Waals surface area contributed by atoms with Crippen LogP contribution in [0.4, 0.5) is 5.69 Å². The van der Waals surface area contributed by atoms with Crippen molar-refractivity contribution >= 4 is 39.1 Å². The molecule has 0 aliphatic rings. The highest BCUT2D eigenvalue weighted by molar-refractivity contribution is 7.92. The molecule has 9 heteroatoms. The second-order valence-electron chi connectivity index (χ2n) is 11.1. The number of carbonyl (C=O) groups is 2. The van der Waals surface area contributed by atoms with Crippen LogP contribution in [0, 0.1) is 13.8 Å². The van der Waals surface area contributed by atoms with Gasteiger partial charge in [-0.25, -0.2) is 8.42 Å². The number of aryl methyl sites for hydroxylation is 2. The van der Waals surface area contributed by atoms with E-state index >= 15 is 0 Å². The molecule has 0 heterocycles. The maximum atomic E-state index is 14.5. The van der Waals surface area contributed by atoms with Gasteiger partial charge in [-0.2, -0.15) is 0 Å². The molecule has 0 spiro atoms. The van der Waals surface area contributed by atoms with Gasteiger partial charge in [0.1, 0.15) is 12.6 Å². The Kier molecular flexibility index (Phi) is 10.8. The van der Waals surface area contributed by atoms with Gasteiger partial charge in [-0.15, -0.1) is 0 Å². The normalized spacial score (nSPS) is 12.0. The lowest BCUT2D eigenvalue weighted by molar-refractivity contribution is -0.140. The van der Waals surface area contributed by atoms with E-state index in [0.29, 0.717) is 5.02 Å². The summed E-state index contributed by atoms with van der Waals surface area (Å²) >= 11 is 6.13. The third kappa shape index (κ3) is 8.27. The van der Waals surface area contributed by atoms with Gasteiger partial charge in [-0.05, 0) is 80.8 Å². The number of sulfonamides is 1. The molecular formula is C35H38ClN3O4S. The van der Waals surface area contributed by atoms with E-state index in [1.54, 1.807) is 36.4 Å². The third-order valence-corrected chi connectivity index (χ3v) is 9.35. The van der Waals surface area contributed by atoms with Crippen LogP contribution in [-0.2, 0) is 32.6 Å². The molecule has 0 aromatic heterocycles. The average Bonchev–Trinajstić information content (AvgIpc) is 2.99. The Morgan fingerprint density at radius 3 is 2.05 bits per heavy atom. The highest BCUT2D eigenvalue weighted by Gasteiger charge is 2.35. The predicted octanol–water partition coefficient (Wildman–Crippen LogP) is 6.32. The fourth-order valence-corrected chi connectivity index (χ4v) is 6.42. The van der Waals surface area contributed by atoms with Crippen LogP contribution >= 0.6 is 11.6 Å². The van der Waals surface area contributed by atoms with Crippen molar-refractivity contribution in [3.05, 3.63) is 130 Å². The highest BCUT2D eigenvalue weighted by atomic mass is 35.5. The first-order valence-corrected chi connectivity index (χ1v) is 16.3. The van der Waals surface area contributed by atoms with Gasteiger partial charge in [0.2, 0.25) is 11.8 Å². The predicted molar refractivity (Wildman–Crippen MR) is 176 cm³/mol. The topological polar surface area (TPSA) is 86.8 Å². The second-order valence-corrected chi connectivity index (χ2v) is 13.4. The van der Waals surface area contributed by atoms with Gasteiger partial charge in [0.15, 0.2) is 0 Å². The lowest BCUT2D eigenvalue weighted by Gasteiger charge is -2.34. The van der Waals surface area contributed by atoms with E-state index in [0.717, 1.165) is 26.6 Å². The maximum Gasteiger partial charge on any atom is 0.264 e. The molecule has 1 unspecified atom stereocenters. The monoisotopic (exact) mass is 631 g/mol. The van der Waals surface area contributed by atoms with E-state index in [1.165, 1.54) is 17.0 Å². The molecule has 0 saturated heterocycles. The Hall–Kier alpha value is -4.14. The number of carbonyl (C=O) groups excluding carboxylic acids is 2. The summed E-state index contributed by atoms with van der Waals surface area (Å²) in [4.78, 5) is 29.8. The van der Waals surface area contributed by atoms with Gasteiger partial charge < -0.3 is 10.2 Å². The molecule has 230 valence electrons.